The van der Waals surface area contributed by atoms with Crippen molar-refractivity contribution in [1.29, 1.82) is 0 Å². The van der Waals surface area contributed by atoms with Crippen LogP contribution in [-0.2, 0) is 0 Å². The van der Waals surface area contributed by atoms with Crippen molar-refractivity contribution in [3.8, 4) is 0 Å². The van der Waals surface area contributed by atoms with Crippen molar-refractivity contribution >= 4 is 16.9 Å². The van der Waals surface area contributed by atoms with Gasteiger partial charge in [-0.1, -0.05) is 24.3 Å². The van der Waals surface area contributed by atoms with E-state index in [0.717, 1.165) is 42.3 Å². The molecule has 5 nitrogen and oxygen atoms in total. The van der Waals surface area contributed by atoms with Crippen molar-refractivity contribution in [3.05, 3.63) is 53.5 Å². The monoisotopic (exact) mass is 347 g/mol. The molecule has 3 aromatic rings. The van der Waals surface area contributed by atoms with Gasteiger partial charge in [-0.15, -0.1) is 0 Å². The molecule has 1 aromatic carbocycles. The Morgan fingerprint density at radius 1 is 1.04 bits per heavy atom. The molecule has 0 saturated carbocycles. The Kier molecular flexibility index (Phi) is 3.54. The van der Waals surface area contributed by atoms with Gasteiger partial charge >= 0.3 is 0 Å². The largest absolute Gasteiger partial charge is 0.357 e. The molecule has 2 aromatic heterocycles. The summed E-state index contributed by atoms with van der Waals surface area (Å²) in [6.07, 6.45) is 1.96. The molecule has 2 aliphatic rings. The lowest BCUT2D eigenvalue weighted by atomic mass is 9.88. The number of anilines is 1. The van der Waals surface area contributed by atoms with Crippen molar-refractivity contribution in [1.82, 2.24) is 19.9 Å². The van der Waals surface area contributed by atoms with E-state index in [1.807, 2.05) is 19.2 Å². The standard InChI is InChI=1S/C21H25N5/c1-13-6-4-5-7-16(13)20-17-12-26(11-15(17)10-25(20)3)21-19-18(8-9-22-19)23-14(2)24-21/h4-9,15,17,20,22H,10-12H2,1-3H3/t15-,17+,20-/m0/s1. The second kappa shape index (κ2) is 5.81. The van der Waals surface area contributed by atoms with Crippen LogP contribution in [0, 0.1) is 25.7 Å². The van der Waals surface area contributed by atoms with E-state index < -0.39 is 0 Å². The van der Waals surface area contributed by atoms with Gasteiger partial charge in [-0.05, 0) is 44.0 Å². The van der Waals surface area contributed by atoms with Gasteiger partial charge in [-0.25, -0.2) is 9.97 Å². The van der Waals surface area contributed by atoms with E-state index in [0.29, 0.717) is 17.9 Å². The fourth-order valence-corrected chi connectivity index (χ4v) is 5.09. The summed E-state index contributed by atoms with van der Waals surface area (Å²) in [5, 5.41) is 0. The second-order valence-corrected chi connectivity index (χ2v) is 7.90. The molecule has 4 heterocycles. The van der Waals surface area contributed by atoms with Crippen LogP contribution in [0.25, 0.3) is 11.0 Å². The number of rotatable bonds is 2. The summed E-state index contributed by atoms with van der Waals surface area (Å²) < 4.78 is 0. The van der Waals surface area contributed by atoms with Gasteiger partial charge < -0.3 is 9.88 Å². The van der Waals surface area contributed by atoms with Gasteiger partial charge in [-0.2, -0.15) is 0 Å². The zero-order valence-electron chi connectivity index (χ0n) is 15.6. The quantitative estimate of drug-likeness (QED) is 0.773. The molecule has 26 heavy (non-hydrogen) atoms. The average Bonchev–Trinajstić information content (AvgIpc) is 3.29. The van der Waals surface area contributed by atoms with E-state index in [-0.39, 0.29) is 0 Å². The van der Waals surface area contributed by atoms with Gasteiger partial charge in [0.15, 0.2) is 5.82 Å². The van der Waals surface area contributed by atoms with Crippen LogP contribution >= 0.6 is 0 Å². The van der Waals surface area contributed by atoms with E-state index in [4.69, 9.17) is 4.98 Å². The van der Waals surface area contributed by atoms with Gasteiger partial charge in [0, 0.05) is 37.8 Å². The maximum atomic E-state index is 4.79. The molecule has 1 N–H and O–H groups in total. The van der Waals surface area contributed by atoms with Crippen molar-refractivity contribution < 1.29 is 0 Å². The maximum Gasteiger partial charge on any atom is 0.156 e. The van der Waals surface area contributed by atoms with Gasteiger partial charge in [-0.3, -0.25) is 4.90 Å². The first-order valence-electron chi connectivity index (χ1n) is 9.44. The van der Waals surface area contributed by atoms with E-state index in [9.17, 15) is 0 Å². The summed E-state index contributed by atoms with van der Waals surface area (Å²) in [4.78, 5) is 17.7. The first-order chi connectivity index (χ1) is 12.6. The molecule has 2 fully saturated rings. The fourth-order valence-electron chi connectivity index (χ4n) is 5.09. The number of benzene rings is 1. The zero-order chi connectivity index (χ0) is 17.8. The lowest BCUT2D eigenvalue weighted by Gasteiger charge is -2.28. The first-order valence-corrected chi connectivity index (χ1v) is 9.44. The minimum Gasteiger partial charge on any atom is -0.357 e. The van der Waals surface area contributed by atoms with Crippen molar-refractivity contribution in [2.45, 2.75) is 19.9 Å². The molecule has 0 unspecified atom stereocenters. The molecule has 134 valence electrons. The third-order valence-electron chi connectivity index (χ3n) is 6.20. The molecular weight excluding hydrogens is 322 g/mol. The molecule has 5 heteroatoms. The van der Waals surface area contributed by atoms with Crippen LogP contribution in [0.5, 0.6) is 0 Å². The van der Waals surface area contributed by atoms with Crippen LogP contribution in [0.15, 0.2) is 36.5 Å². The van der Waals surface area contributed by atoms with E-state index in [1.54, 1.807) is 0 Å². The number of nitrogens with one attached hydrogen (secondary N) is 1. The van der Waals surface area contributed by atoms with Gasteiger partial charge in [0.2, 0.25) is 0 Å². The SMILES string of the molecule is Cc1nc(N2C[C@@H]3CN(C)[C@@H](c4ccccc4C)[C@@H]3C2)c2[nH]ccc2n1. The minimum absolute atomic E-state index is 0.494. The average molecular weight is 347 g/mol. The van der Waals surface area contributed by atoms with Gasteiger partial charge in [0.05, 0.1) is 5.52 Å². The highest BCUT2D eigenvalue weighted by molar-refractivity contribution is 5.86. The zero-order valence-corrected chi connectivity index (χ0v) is 15.6. The summed E-state index contributed by atoms with van der Waals surface area (Å²) in [7, 11) is 2.28. The smallest absolute Gasteiger partial charge is 0.156 e. The summed E-state index contributed by atoms with van der Waals surface area (Å²) >= 11 is 0. The first kappa shape index (κ1) is 15.8. The van der Waals surface area contributed by atoms with Gasteiger partial charge in [0.1, 0.15) is 11.3 Å². The third-order valence-corrected chi connectivity index (χ3v) is 6.20. The second-order valence-electron chi connectivity index (χ2n) is 7.90. The van der Waals surface area contributed by atoms with Crippen LogP contribution in [0.1, 0.15) is 23.0 Å². The maximum absolute atomic E-state index is 4.79. The number of aryl methyl sites for hydroxylation is 2. The van der Waals surface area contributed by atoms with Crippen molar-refractivity contribution in [3.63, 3.8) is 0 Å². The van der Waals surface area contributed by atoms with E-state index >= 15 is 0 Å². The lowest BCUT2D eigenvalue weighted by Crippen LogP contribution is -2.30. The summed E-state index contributed by atoms with van der Waals surface area (Å²) in [5.74, 6) is 3.24. The topological polar surface area (TPSA) is 48.1 Å². The fraction of sp³-hybridized carbons (Fsp3) is 0.429. The number of hydrogen-bond donors (Lipinski definition) is 1. The molecule has 3 atom stereocenters. The van der Waals surface area contributed by atoms with E-state index in [2.05, 4.69) is 58.0 Å². The molecular formula is C21H25N5. The van der Waals surface area contributed by atoms with Crippen LogP contribution < -0.4 is 4.90 Å². The molecule has 2 aliphatic heterocycles. The molecule has 0 amide bonds. The highest BCUT2D eigenvalue weighted by atomic mass is 15.3. The number of aromatic amines is 1. The molecule has 0 spiro atoms. The summed E-state index contributed by atoms with van der Waals surface area (Å²) in [5.41, 5.74) is 4.95. The number of likely N-dealkylation sites (tertiary alicyclic amines) is 1. The van der Waals surface area contributed by atoms with Crippen LogP contribution in [-0.4, -0.2) is 46.5 Å². The number of H-pyrrole nitrogens is 1. The minimum atomic E-state index is 0.494. The highest BCUT2D eigenvalue weighted by Crippen LogP contribution is 2.46. The third kappa shape index (κ3) is 2.34. The van der Waals surface area contributed by atoms with Crippen LogP contribution in [0.2, 0.25) is 0 Å². The molecule has 0 aliphatic carbocycles. The highest BCUT2D eigenvalue weighted by Gasteiger charge is 2.47. The lowest BCUT2D eigenvalue weighted by molar-refractivity contribution is 0.279. The Bertz CT molecular complexity index is 962. The predicted molar refractivity (Wildman–Crippen MR) is 104 cm³/mol. The molecule has 0 radical (unpaired) electrons. The number of hydrogen-bond acceptors (Lipinski definition) is 4. The normalized spacial score (nSPS) is 26.0. The number of fused-ring (bicyclic) bond motifs is 2. The predicted octanol–water partition coefficient (Wildman–Crippen LogP) is 3.31. The molecule has 5 rings (SSSR count). The van der Waals surface area contributed by atoms with Crippen molar-refractivity contribution in [2.24, 2.45) is 11.8 Å². The van der Waals surface area contributed by atoms with Crippen LogP contribution in [0.3, 0.4) is 0 Å². The van der Waals surface area contributed by atoms with E-state index in [1.165, 1.54) is 11.1 Å². The molecule has 2 saturated heterocycles. The summed E-state index contributed by atoms with van der Waals surface area (Å²) in [6, 6.07) is 11.4. The Morgan fingerprint density at radius 2 is 1.88 bits per heavy atom. The van der Waals surface area contributed by atoms with Gasteiger partial charge in [0.25, 0.3) is 0 Å². The Balaban J connectivity index is 1.50. The van der Waals surface area contributed by atoms with Crippen molar-refractivity contribution in [2.75, 3.05) is 31.6 Å². The van der Waals surface area contributed by atoms with Crippen LogP contribution in [0.4, 0.5) is 5.82 Å². The Morgan fingerprint density at radius 3 is 2.73 bits per heavy atom. The number of nitrogens with zero attached hydrogens (tertiary/aromatic N) is 4. The Labute approximate surface area is 154 Å². The molecule has 0 bridgehead atoms. The Hall–Kier alpha value is -2.40. The summed E-state index contributed by atoms with van der Waals surface area (Å²) in [6.45, 7) is 7.49. The number of aromatic nitrogens is 3.